The van der Waals surface area contributed by atoms with Crippen molar-refractivity contribution in [1.82, 2.24) is 15.0 Å². The summed E-state index contributed by atoms with van der Waals surface area (Å²) in [5.74, 6) is 0.796. The van der Waals surface area contributed by atoms with E-state index in [9.17, 15) is 0 Å². The highest BCUT2D eigenvalue weighted by Gasteiger charge is 2.14. The number of H-pyrrole nitrogens is 1. The highest BCUT2D eigenvalue weighted by molar-refractivity contribution is 7.71. The second kappa shape index (κ2) is 4.61. The number of aromatic nitrogens is 3. The standard InChI is InChI=1S/C14H15N3S/c1-9-6-7-15-12(8-9)13-16-11-5-3-2-4-10(11)14(18)17-13/h6-8H,2-5H2,1H3,(H,16,17,18). The number of nitrogens with zero attached hydrogens (tertiary/aromatic N) is 2. The summed E-state index contributed by atoms with van der Waals surface area (Å²) < 4.78 is 0.738. The van der Waals surface area contributed by atoms with E-state index < -0.39 is 0 Å². The van der Waals surface area contributed by atoms with Crippen LogP contribution in [0.25, 0.3) is 11.5 Å². The van der Waals surface area contributed by atoms with Crippen LogP contribution < -0.4 is 0 Å². The number of aryl methyl sites for hydroxylation is 2. The second-order valence-corrected chi connectivity index (χ2v) is 5.16. The Kier molecular flexibility index (Phi) is 2.96. The smallest absolute Gasteiger partial charge is 0.157 e. The van der Waals surface area contributed by atoms with Gasteiger partial charge in [-0.05, 0) is 50.3 Å². The molecule has 3 nitrogen and oxygen atoms in total. The average Bonchev–Trinajstić information content (AvgIpc) is 2.39. The molecule has 2 aromatic heterocycles. The summed E-state index contributed by atoms with van der Waals surface area (Å²) in [4.78, 5) is 12.3. The minimum absolute atomic E-state index is 0.738. The van der Waals surface area contributed by atoms with Crippen LogP contribution in [-0.4, -0.2) is 15.0 Å². The third-order valence-electron chi connectivity index (χ3n) is 3.37. The van der Waals surface area contributed by atoms with Crippen LogP contribution in [0.4, 0.5) is 0 Å². The Morgan fingerprint density at radius 2 is 2.11 bits per heavy atom. The SMILES string of the molecule is Cc1ccnc(-c2nc(=S)c3c([nH]2)CCCC3)c1. The summed E-state index contributed by atoms with van der Waals surface area (Å²) in [6.45, 7) is 2.05. The fourth-order valence-electron chi connectivity index (χ4n) is 2.41. The lowest BCUT2D eigenvalue weighted by molar-refractivity contribution is 0.661. The first kappa shape index (κ1) is 11.5. The van der Waals surface area contributed by atoms with Gasteiger partial charge in [0.1, 0.15) is 10.3 Å². The first-order valence-electron chi connectivity index (χ1n) is 6.29. The Bertz CT molecular complexity index is 646. The molecule has 2 heterocycles. The Hall–Kier alpha value is -1.55. The molecular weight excluding hydrogens is 242 g/mol. The molecule has 0 aromatic carbocycles. The van der Waals surface area contributed by atoms with Gasteiger partial charge < -0.3 is 4.98 Å². The van der Waals surface area contributed by atoms with E-state index in [1.54, 1.807) is 0 Å². The molecule has 0 atom stereocenters. The fourth-order valence-corrected chi connectivity index (χ4v) is 2.72. The molecule has 0 unspecified atom stereocenters. The molecule has 0 spiro atoms. The van der Waals surface area contributed by atoms with Crippen molar-refractivity contribution in [1.29, 1.82) is 0 Å². The zero-order valence-electron chi connectivity index (χ0n) is 10.4. The van der Waals surface area contributed by atoms with Gasteiger partial charge in [-0.15, -0.1) is 0 Å². The first-order chi connectivity index (χ1) is 8.74. The molecule has 3 rings (SSSR count). The number of pyridine rings is 1. The minimum atomic E-state index is 0.738. The zero-order chi connectivity index (χ0) is 12.5. The molecular formula is C14H15N3S. The number of rotatable bonds is 1. The summed E-state index contributed by atoms with van der Waals surface area (Å²) >= 11 is 5.40. The molecule has 1 aliphatic rings. The van der Waals surface area contributed by atoms with Gasteiger partial charge in [0.15, 0.2) is 5.82 Å². The first-order valence-corrected chi connectivity index (χ1v) is 6.70. The highest BCUT2D eigenvalue weighted by atomic mass is 32.1. The largest absolute Gasteiger partial charge is 0.342 e. The van der Waals surface area contributed by atoms with Crippen molar-refractivity contribution in [3.63, 3.8) is 0 Å². The normalized spacial score (nSPS) is 14.3. The summed E-state index contributed by atoms with van der Waals surface area (Å²) in [6.07, 6.45) is 6.37. The molecule has 1 N–H and O–H groups in total. The number of fused-ring (bicyclic) bond motifs is 1. The third-order valence-corrected chi connectivity index (χ3v) is 3.70. The lowest BCUT2D eigenvalue weighted by atomic mass is 9.97. The van der Waals surface area contributed by atoms with E-state index in [-0.39, 0.29) is 0 Å². The number of aromatic amines is 1. The Labute approximate surface area is 111 Å². The molecule has 1 aliphatic carbocycles. The van der Waals surface area contributed by atoms with Crippen LogP contribution in [0.5, 0.6) is 0 Å². The molecule has 0 saturated carbocycles. The molecule has 2 aromatic rings. The average molecular weight is 257 g/mol. The molecule has 18 heavy (non-hydrogen) atoms. The van der Waals surface area contributed by atoms with Gasteiger partial charge in [-0.25, -0.2) is 4.98 Å². The van der Waals surface area contributed by atoms with Gasteiger partial charge in [0.05, 0.1) is 0 Å². The van der Waals surface area contributed by atoms with Crippen LogP contribution in [0.1, 0.15) is 29.7 Å². The summed E-state index contributed by atoms with van der Waals surface area (Å²) in [5.41, 5.74) is 4.53. The van der Waals surface area contributed by atoms with Crippen molar-refractivity contribution >= 4 is 12.2 Å². The van der Waals surface area contributed by atoms with E-state index in [4.69, 9.17) is 12.2 Å². The predicted octanol–water partition coefficient (Wildman–Crippen LogP) is 3.39. The fraction of sp³-hybridized carbons (Fsp3) is 0.357. The quantitative estimate of drug-likeness (QED) is 0.796. The van der Waals surface area contributed by atoms with E-state index in [2.05, 4.69) is 21.9 Å². The zero-order valence-corrected chi connectivity index (χ0v) is 11.2. The lowest BCUT2D eigenvalue weighted by Gasteiger charge is -2.16. The lowest BCUT2D eigenvalue weighted by Crippen LogP contribution is -2.09. The van der Waals surface area contributed by atoms with Crippen molar-refractivity contribution in [2.24, 2.45) is 0 Å². The van der Waals surface area contributed by atoms with Crippen LogP contribution in [0.3, 0.4) is 0 Å². The van der Waals surface area contributed by atoms with Crippen molar-refractivity contribution in [2.45, 2.75) is 32.6 Å². The Balaban J connectivity index is 2.14. The van der Waals surface area contributed by atoms with E-state index in [0.717, 1.165) is 29.0 Å². The van der Waals surface area contributed by atoms with Crippen LogP contribution in [-0.2, 0) is 12.8 Å². The van der Waals surface area contributed by atoms with Gasteiger partial charge in [0.2, 0.25) is 0 Å². The van der Waals surface area contributed by atoms with E-state index in [1.165, 1.54) is 29.7 Å². The van der Waals surface area contributed by atoms with E-state index >= 15 is 0 Å². The molecule has 0 aliphatic heterocycles. The van der Waals surface area contributed by atoms with Gasteiger partial charge >= 0.3 is 0 Å². The van der Waals surface area contributed by atoms with Gasteiger partial charge in [0, 0.05) is 17.5 Å². The summed E-state index contributed by atoms with van der Waals surface area (Å²) in [5, 5.41) is 0. The van der Waals surface area contributed by atoms with Crippen LogP contribution >= 0.6 is 12.2 Å². The Morgan fingerprint density at radius 3 is 2.94 bits per heavy atom. The highest BCUT2D eigenvalue weighted by Crippen LogP contribution is 2.22. The van der Waals surface area contributed by atoms with Crippen LogP contribution in [0, 0.1) is 11.6 Å². The van der Waals surface area contributed by atoms with E-state index in [1.807, 2.05) is 18.3 Å². The van der Waals surface area contributed by atoms with Crippen LogP contribution in [0.2, 0.25) is 0 Å². The van der Waals surface area contributed by atoms with Gasteiger partial charge in [-0.3, -0.25) is 4.98 Å². The maximum Gasteiger partial charge on any atom is 0.157 e. The van der Waals surface area contributed by atoms with Gasteiger partial charge in [-0.2, -0.15) is 0 Å². The second-order valence-electron chi connectivity index (χ2n) is 4.77. The molecule has 0 saturated heterocycles. The predicted molar refractivity (Wildman–Crippen MR) is 74.0 cm³/mol. The van der Waals surface area contributed by atoms with Crippen molar-refractivity contribution in [3.05, 3.63) is 39.8 Å². The number of nitrogens with one attached hydrogen (secondary N) is 1. The van der Waals surface area contributed by atoms with Crippen molar-refractivity contribution in [3.8, 4) is 11.5 Å². The maximum atomic E-state index is 5.40. The maximum absolute atomic E-state index is 5.40. The van der Waals surface area contributed by atoms with Gasteiger partial charge in [0.25, 0.3) is 0 Å². The molecule has 0 bridgehead atoms. The summed E-state index contributed by atoms with van der Waals surface area (Å²) in [6, 6.07) is 4.01. The van der Waals surface area contributed by atoms with Gasteiger partial charge in [-0.1, -0.05) is 12.2 Å². The van der Waals surface area contributed by atoms with Crippen molar-refractivity contribution in [2.75, 3.05) is 0 Å². The summed E-state index contributed by atoms with van der Waals surface area (Å²) in [7, 11) is 0. The van der Waals surface area contributed by atoms with E-state index in [0.29, 0.717) is 0 Å². The molecule has 0 radical (unpaired) electrons. The molecule has 0 fully saturated rings. The van der Waals surface area contributed by atoms with Crippen molar-refractivity contribution < 1.29 is 0 Å². The number of hydrogen-bond acceptors (Lipinski definition) is 3. The third kappa shape index (κ3) is 2.08. The Morgan fingerprint density at radius 1 is 1.28 bits per heavy atom. The monoisotopic (exact) mass is 257 g/mol. The van der Waals surface area contributed by atoms with Crippen LogP contribution in [0.15, 0.2) is 18.3 Å². The molecule has 0 amide bonds. The minimum Gasteiger partial charge on any atom is -0.342 e. The topological polar surface area (TPSA) is 41.6 Å². The molecule has 4 heteroatoms. The number of hydrogen-bond donors (Lipinski definition) is 1. The molecule has 92 valence electrons.